The van der Waals surface area contributed by atoms with Crippen LogP contribution in [0.15, 0.2) is 12.1 Å². The summed E-state index contributed by atoms with van der Waals surface area (Å²) in [6.07, 6.45) is 0.655. The van der Waals surface area contributed by atoms with Gasteiger partial charge < -0.3 is 10.4 Å². The third-order valence-corrected chi connectivity index (χ3v) is 3.22. The van der Waals surface area contributed by atoms with Crippen molar-refractivity contribution in [3.63, 3.8) is 0 Å². The first-order chi connectivity index (χ1) is 7.08. The van der Waals surface area contributed by atoms with Crippen LogP contribution >= 0.6 is 11.3 Å². The Morgan fingerprint density at radius 1 is 1.40 bits per heavy atom. The Morgan fingerprint density at radius 2 is 2.13 bits per heavy atom. The number of nitrogens with one attached hydrogen (secondary N) is 1. The first-order valence-corrected chi connectivity index (χ1v) is 6.33. The molecule has 1 aromatic rings. The lowest BCUT2D eigenvalue weighted by Crippen LogP contribution is -2.27. The summed E-state index contributed by atoms with van der Waals surface area (Å²) in [6.45, 7) is 7.93. The SMILES string of the molecule is Cc1ccc(CNCC(O)CC(C)C)s1. The molecule has 1 atom stereocenters. The van der Waals surface area contributed by atoms with E-state index >= 15 is 0 Å². The van der Waals surface area contributed by atoms with E-state index in [-0.39, 0.29) is 6.10 Å². The molecule has 15 heavy (non-hydrogen) atoms. The molecule has 0 bridgehead atoms. The van der Waals surface area contributed by atoms with Crippen LogP contribution in [-0.4, -0.2) is 17.8 Å². The van der Waals surface area contributed by atoms with Crippen LogP contribution in [0.5, 0.6) is 0 Å². The fourth-order valence-electron chi connectivity index (χ4n) is 1.57. The summed E-state index contributed by atoms with van der Waals surface area (Å²) in [5, 5.41) is 12.9. The molecule has 0 aliphatic carbocycles. The zero-order valence-electron chi connectivity index (χ0n) is 9.79. The van der Waals surface area contributed by atoms with Crippen molar-refractivity contribution in [2.24, 2.45) is 5.92 Å². The van der Waals surface area contributed by atoms with E-state index in [0.717, 1.165) is 13.0 Å². The number of hydrogen-bond acceptors (Lipinski definition) is 3. The van der Waals surface area contributed by atoms with E-state index < -0.39 is 0 Å². The normalized spacial score (nSPS) is 13.4. The topological polar surface area (TPSA) is 32.3 Å². The van der Waals surface area contributed by atoms with Gasteiger partial charge in [-0.2, -0.15) is 0 Å². The van der Waals surface area contributed by atoms with Gasteiger partial charge in [0.2, 0.25) is 0 Å². The van der Waals surface area contributed by atoms with Gasteiger partial charge in [0.1, 0.15) is 0 Å². The van der Waals surface area contributed by atoms with Gasteiger partial charge in [-0.05, 0) is 31.4 Å². The number of rotatable bonds is 6. The molecule has 0 spiro atoms. The second-order valence-electron chi connectivity index (χ2n) is 4.43. The van der Waals surface area contributed by atoms with E-state index in [1.165, 1.54) is 9.75 Å². The van der Waals surface area contributed by atoms with Gasteiger partial charge in [-0.1, -0.05) is 13.8 Å². The van der Waals surface area contributed by atoms with Crippen molar-refractivity contribution in [1.82, 2.24) is 5.32 Å². The fourth-order valence-corrected chi connectivity index (χ4v) is 2.43. The number of aliphatic hydroxyl groups excluding tert-OH is 1. The molecule has 0 aromatic carbocycles. The summed E-state index contributed by atoms with van der Waals surface area (Å²) < 4.78 is 0. The van der Waals surface area contributed by atoms with Gasteiger partial charge in [0, 0.05) is 22.8 Å². The molecule has 1 aromatic heterocycles. The lowest BCUT2D eigenvalue weighted by Gasteiger charge is -2.13. The van der Waals surface area contributed by atoms with Gasteiger partial charge in [0.25, 0.3) is 0 Å². The van der Waals surface area contributed by atoms with Crippen LogP contribution < -0.4 is 5.32 Å². The third-order valence-electron chi connectivity index (χ3n) is 2.22. The average Bonchev–Trinajstić information content (AvgIpc) is 2.50. The highest BCUT2D eigenvalue weighted by atomic mass is 32.1. The molecule has 0 amide bonds. The Hall–Kier alpha value is -0.380. The molecule has 2 N–H and O–H groups in total. The van der Waals surface area contributed by atoms with Gasteiger partial charge in [0.15, 0.2) is 0 Å². The largest absolute Gasteiger partial charge is 0.392 e. The highest BCUT2D eigenvalue weighted by molar-refractivity contribution is 7.11. The number of aryl methyl sites for hydroxylation is 1. The molecule has 1 unspecified atom stereocenters. The van der Waals surface area contributed by atoms with Crippen LogP contribution in [0.2, 0.25) is 0 Å². The van der Waals surface area contributed by atoms with Gasteiger partial charge in [-0.15, -0.1) is 11.3 Å². The molecule has 86 valence electrons. The highest BCUT2D eigenvalue weighted by Crippen LogP contribution is 2.14. The molecule has 0 aliphatic rings. The van der Waals surface area contributed by atoms with Crippen LogP contribution in [0.1, 0.15) is 30.0 Å². The van der Waals surface area contributed by atoms with Crippen molar-refractivity contribution in [3.8, 4) is 0 Å². The molecule has 2 nitrogen and oxygen atoms in total. The van der Waals surface area contributed by atoms with Crippen LogP contribution in [0, 0.1) is 12.8 Å². The fraction of sp³-hybridized carbons (Fsp3) is 0.667. The van der Waals surface area contributed by atoms with Crippen LogP contribution in [-0.2, 0) is 6.54 Å². The molecule has 3 heteroatoms. The predicted molar refractivity (Wildman–Crippen MR) is 66.2 cm³/mol. The minimum absolute atomic E-state index is 0.217. The maximum absolute atomic E-state index is 9.64. The molecule has 1 rings (SSSR count). The summed E-state index contributed by atoms with van der Waals surface area (Å²) >= 11 is 1.81. The van der Waals surface area contributed by atoms with Crippen molar-refractivity contribution in [2.45, 2.75) is 39.8 Å². The molecule has 0 saturated heterocycles. The van der Waals surface area contributed by atoms with Crippen LogP contribution in [0.3, 0.4) is 0 Å². The average molecular weight is 227 g/mol. The Kier molecular flexibility index (Phi) is 5.29. The Balaban J connectivity index is 2.16. The second kappa shape index (κ2) is 6.26. The van der Waals surface area contributed by atoms with Gasteiger partial charge in [0.05, 0.1) is 6.10 Å². The molecule has 0 radical (unpaired) electrons. The van der Waals surface area contributed by atoms with E-state index in [4.69, 9.17) is 0 Å². The summed E-state index contributed by atoms with van der Waals surface area (Å²) in [7, 11) is 0. The number of thiophene rings is 1. The standard InChI is InChI=1S/C12H21NOS/c1-9(2)6-11(14)7-13-8-12-5-4-10(3)15-12/h4-5,9,11,13-14H,6-8H2,1-3H3. The zero-order chi connectivity index (χ0) is 11.3. The van der Waals surface area contributed by atoms with Crippen molar-refractivity contribution in [1.29, 1.82) is 0 Å². The minimum atomic E-state index is -0.217. The first kappa shape index (κ1) is 12.7. The molecule has 0 aliphatic heterocycles. The van der Waals surface area contributed by atoms with Gasteiger partial charge >= 0.3 is 0 Å². The van der Waals surface area contributed by atoms with E-state index in [2.05, 4.69) is 38.2 Å². The Labute approximate surface area is 96.3 Å². The van der Waals surface area contributed by atoms with E-state index in [1.54, 1.807) is 0 Å². The summed E-state index contributed by atoms with van der Waals surface area (Å²) in [5.41, 5.74) is 0. The van der Waals surface area contributed by atoms with Gasteiger partial charge in [-0.25, -0.2) is 0 Å². The number of aliphatic hydroxyl groups is 1. The second-order valence-corrected chi connectivity index (χ2v) is 5.80. The summed E-state index contributed by atoms with van der Waals surface area (Å²) in [6, 6.07) is 4.27. The third kappa shape index (κ3) is 5.30. The smallest absolute Gasteiger partial charge is 0.0667 e. The lowest BCUT2D eigenvalue weighted by atomic mass is 10.1. The van der Waals surface area contributed by atoms with E-state index in [9.17, 15) is 5.11 Å². The van der Waals surface area contributed by atoms with Crippen LogP contribution in [0.4, 0.5) is 0 Å². The predicted octanol–water partition coefficient (Wildman–Crippen LogP) is 2.55. The van der Waals surface area contributed by atoms with Crippen LogP contribution in [0.25, 0.3) is 0 Å². The first-order valence-electron chi connectivity index (χ1n) is 5.52. The van der Waals surface area contributed by atoms with Gasteiger partial charge in [-0.3, -0.25) is 0 Å². The quantitative estimate of drug-likeness (QED) is 0.783. The molecule has 0 fully saturated rings. The molecule has 1 heterocycles. The summed E-state index contributed by atoms with van der Waals surface area (Å²) in [4.78, 5) is 2.68. The van der Waals surface area contributed by atoms with Crippen molar-refractivity contribution in [3.05, 3.63) is 21.9 Å². The molecular formula is C12H21NOS. The van der Waals surface area contributed by atoms with Crippen molar-refractivity contribution < 1.29 is 5.11 Å². The van der Waals surface area contributed by atoms with Crippen molar-refractivity contribution >= 4 is 11.3 Å². The van der Waals surface area contributed by atoms with E-state index in [0.29, 0.717) is 12.5 Å². The van der Waals surface area contributed by atoms with E-state index in [1.807, 2.05) is 11.3 Å². The lowest BCUT2D eigenvalue weighted by molar-refractivity contribution is 0.146. The summed E-state index contributed by atoms with van der Waals surface area (Å²) in [5.74, 6) is 0.561. The Morgan fingerprint density at radius 3 is 2.67 bits per heavy atom. The molecular weight excluding hydrogens is 206 g/mol. The number of hydrogen-bond donors (Lipinski definition) is 2. The Bertz CT molecular complexity index is 283. The zero-order valence-corrected chi connectivity index (χ0v) is 10.6. The maximum Gasteiger partial charge on any atom is 0.0667 e. The maximum atomic E-state index is 9.64. The monoisotopic (exact) mass is 227 g/mol. The van der Waals surface area contributed by atoms with Crippen molar-refractivity contribution in [2.75, 3.05) is 6.54 Å². The highest BCUT2D eigenvalue weighted by Gasteiger charge is 2.06. The minimum Gasteiger partial charge on any atom is -0.392 e. The molecule has 0 saturated carbocycles.